The molecule has 2 aromatic rings. The van der Waals surface area contributed by atoms with Crippen molar-refractivity contribution in [3.63, 3.8) is 0 Å². The Morgan fingerprint density at radius 3 is 2.64 bits per heavy atom. The van der Waals surface area contributed by atoms with Gasteiger partial charge >= 0.3 is 0 Å². The van der Waals surface area contributed by atoms with Gasteiger partial charge < -0.3 is 9.47 Å². The van der Waals surface area contributed by atoms with Gasteiger partial charge in [0.05, 0.1) is 24.8 Å². The van der Waals surface area contributed by atoms with Gasteiger partial charge in [-0.2, -0.15) is 9.41 Å². The maximum atomic E-state index is 13.0. The molecule has 8 nitrogen and oxygen atoms in total. The predicted molar refractivity (Wildman–Crippen MR) is 127 cm³/mol. The zero-order valence-electron chi connectivity index (χ0n) is 18.8. The van der Waals surface area contributed by atoms with Crippen LogP contribution in [0.15, 0.2) is 52.5 Å². The number of amides is 1. The molecule has 1 heterocycles. The number of methoxy groups -OCH3 is 1. The molecule has 0 aliphatic carbocycles. The van der Waals surface area contributed by atoms with E-state index >= 15 is 0 Å². The monoisotopic (exact) mass is 493 g/mol. The summed E-state index contributed by atoms with van der Waals surface area (Å²) in [5.74, 6) is 1.08. The standard InChI is InChI=1S/C23H28ClN3O5S/c1-16(2)15-32-21-11-6-17(13-22(21)31-3)14-25-26-23(28)20-5-4-12-27(20)33(29,30)19-9-7-18(24)8-10-19/h6-11,13-14,16,20H,4-5,12,15H2,1-3H3,(H,26,28)/b25-14-/t20-/m0/s1. The average Bonchev–Trinajstić information content (AvgIpc) is 3.29. The van der Waals surface area contributed by atoms with Crippen LogP contribution >= 0.6 is 11.6 Å². The van der Waals surface area contributed by atoms with Gasteiger partial charge in [-0.1, -0.05) is 25.4 Å². The van der Waals surface area contributed by atoms with E-state index in [0.29, 0.717) is 47.5 Å². The second-order valence-corrected chi connectivity index (χ2v) is 10.4. The Kier molecular flexibility index (Phi) is 8.34. The molecule has 1 aliphatic rings. The first-order valence-corrected chi connectivity index (χ1v) is 12.5. The number of nitrogens with one attached hydrogen (secondary N) is 1. The van der Waals surface area contributed by atoms with E-state index in [1.165, 1.54) is 34.8 Å². The van der Waals surface area contributed by atoms with Gasteiger partial charge in [0, 0.05) is 11.6 Å². The van der Waals surface area contributed by atoms with E-state index in [2.05, 4.69) is 24.4 Å². The van der Waals surface area contributed by atoms with Crippen LogP contribution in [-0.2, 0) is 14.8 Å². The van der Waals surface area contributed by atoms with E-state index in [-0.39, 0.29) is 11.4 Å². The van der Waals surface area contributed by atoms with Crippen molar-refractivity contribution in [3.05, 3.63) is 53.1 Å². The summed E-state index contributed by atoms with van der Waals surface area (Å²) < 4.78 is 38.3. The second kappa shape index (κ2) is 11.0. The van der Waals surface area contributed by atoms with Crippen molar-refractivity contribution >= 4 is 33.7 Å². The number of hydrogen-bond donors (Lipinski definition) is 1. The quantitative estimate of drug-likeness (QED) is 0.424. The minimum atomic E-state index is -3.82. The second-order valence-electron chi connectivity index (χ2n) is 8.08. The van der Waals surface area contributed by atoms with Gasteiger partial charge in [-0.05, 0) is 66.8 Å². The van der Waals surface area contributed by atoms with Crippen molar-refractivity contribution in [2.45, 2.75) is 37.6 Å². The number of hydrogen-bond acceptors (Lipinski definition) is 6. The topological polar surface area (TPSA) is 97.3 Å². The summed E-state index contributed by atoms with van der Waals surface area (Å²) in [4.78, 5) is 12.8. The van der Waals surface area contributed by atoms with E-state index in [9.17, 15) is 13.2 Å². The summed E-state index contributed by atoms with van der Waals surface area (Å²) in [6.07, 6.45) is 2.48. The van der Waals surface area contributed by atoms with Crippen LogP contribution in [0.4, 0.5) is 0 Å². The number of carbonyl (C=O) groups is 1. The molecule has 1 atom stereocenters. The fourth-order valence-electron chi connectivity index (χ4n) is 3.42. The molecule has 0 aromatic heterocycles. The van der Waals surface area contributed by atoms with Crippen LogP contribution in [0.25, 0.3) is 0 Å². The Hall–Kier alpha value is -2.62. The summed E-state index contributed by atoms with van der Waals surface area (Å²) >= 11 is 5.86. The largest absolute Gasteiger partial charge is 0.493 e. The fraction of sp³-hybridized carbons (Fsp3) is 0.391. The molecular weight excluding hydrogens is 466 g/mol. The maximum Gasteiger partial charge on any atom is 0.258 e. The Labute approximate surface area is 199 Å². The number of rotatable bonds is 9. The van der Waals surface area contributed by atoms with Crippen molar-refractivity contribution in [2.75, 3.05) is 20.3 Å². The van der Waals surface area contributed by atoms with E-state index in [1.54, 1.807) is 25.3 Å². The predicted octanol–water partition coefficient (Wildman–Crippen LogP) is 3.69. The Balaban J connectivity index is 1.66. The van der Waals surface area contributed by atoms with Crippen LogP contribution in [0.2, 0.25) is 5.02 Å². The van der Waals surface area contributed by atoms with Crippen LogP contribution in [0.3, 0.4) is 0 Å². The molecule has 0 bridgehead atoms. The SMILES string of the molecule is COc1cc(/C=N\NC(=O)[C@@H]2CCCN2S(=O)(=O)c2ccc(Cl)cc2)ccc1OCC(C)C. The number of ether oxygens (including phenoxy) is 2. The number of halogens is 1. The molecular formula is C23H28ClN3O5S. The van der Waals surface area contributed by atoms with Gasteiger partial charge in [-0.3, -0.25) is 4.79 Å². The van der Waals surface area contributed by atoms with Crippen LogP contribution < -0.4 is 14.9 Å². The third-order valence-corrected chi connectivity index (χ3v) is 7.25. The molecule has 0 saturated carbocycles. The van der Waals surface area contributed by atoms with Crippen LogP contribution in [-0.4, -0.2) is 51.1 Å². The molecule has 2 aromatic carbocycles. The molecule has 33 heavy (non-hydrogen) atoms. The van der Waals surface area contributed by atoms with Crippen molar-refractivity contribution in [2.24, 2.45) is 11.0 Å². The minimum absolute atomic E-state index is 0.0990. The van der Waals surface area contributed by atoms with Crippen LogP contribution in [0.5, 0.6) is 11.5 Å². The lowest BCUT2D eigenvalue weighted by Gasteiger charge is -2.22. The van der Waals surface area contributed by atoms with Crippen molar-refractivity contribution in [3.8, 4) is 11.5 Å². The van der Waals surface area contributed by atoms with E-state index in [1.807, 2.05) is 0 Å². The van der Waals surface area contributed by atoms with Crippen LogP contribution in [0.1, 0.15) is 32.3 Å². The zero-order valence-corrected chi connectivity index (χ0v) is 20.4. The van der Waals surface area contributed by atoms with Gasteiger partial charge in [-0.15, -0.1) is 0 Å². The number of carbonyl (C=O) groups excluding carboxylic acids is 1. The van der Waals surface area contributed by atoms with Gasteiger partial charge in [0.15, 0.2) is 11.5 Å². The zero-order chi connectivity index (χ0) is 24.0. The Bertz CT molecular complexity index is 1100. The lowest BCUT2D eigenvalue weighted by atomic mass is 10.2. The minimum Gasteiger partial charge on any atom is -0.493 e. The van der Waals surface area contributed by atoms with Crippen molar-refractivity contribution in [1.29, 1.82) is 0 Å². The molecule has 178 valence electrons. The number of nitrogens with zero attached hydrogens (tertiary/aromatic N) is 2. The van der Waals surface area contributed by atoms with Gasteiger partial charge in [0.2, 0.25) is 10.0 Å². The Morgan fingerprint density at radius 2 is 1.97 bits per heavy atom. The average molecular weight is 494 g/mol. The summed E-state index contributed by atoms with van der Waals surface area (Å²) in [7, 11) is -2.27. The molecule has 10 heteroatoms. The van der Waals surface area contributed by atoms with E-state index in [0.717, 1.165) is 0 Å². The molecule has 1 N–H and O–H groups in total. The summed E-state index contributed by atoms with van der Waals surface area (Å²) in [5, 5.41) is 4.45. The van der Waals surface area contributed by atoms with Crippen LogP contribution in [0, 0.1) is 5.92 Å². The number of benzene rings is 2. The highest BCUT2D eigenvalue weighted by atomic mass is 35.5. The summed E-state index contributed by atoms with van der Waals surface area (Å²) in [5.41, 5.74) is 3.15. The third-order valence-electron chi connectivity index (χ3n) is 5.07. The molecule has 0 radical (unpaired) electrons. The lowest BCUT2D eigenvalue weighted by molar-refractivity contribution is -0.124. The van der Waals surface area contributed by atoms with Crippen molar-refractivity contribution in [1.82, 2.24) is 9.73 Å². The first-order chi connectivity index (χ1) is 15.7. The lowest BCUT2D eigenvalue weighted by Crippen LogP contribution is -2.44. The highest BCUT2D eigenvalue weighted by Gasteiger charge is 2.39. The van der Waals surface area contributed by atoms with E-state index in [4.69, 9.17) is 21.1 Å². The molecule has 3 rings (SSSR count). The maximum absolute atomic E-state index is 13.0. The molecule has 0 spiro atoms. The Morgan fingerprint density at radius 1 is 1.24 bits per heavy atom. The molecule has 1 amide bonds. The first kappa shape index (κ1) is 25.0. The molecule has 0 unspecified atom stereocenters. The third kappa shape index (κ3) is 6.25. The molecule has 1 fully saturated rings. The highest BCUT2D eigenvalue weighted by Crippen LogP contribution is 2.28. The van der Waals surface area contributed by atoms with Gasteiger partial charge in [0.25, 0.3) is 5.91 Å². The fourth-order valence-corrected chi connectivity index (χ4v) is 5.20. The highest BCUT2D eigenvalue weighted by molar-refractivity contribution is 7.89. The van der Waals surface area contributed by atoms with E-state index < -0.39 is 22.0 Å². The van der Waals surface area contributed by atoms with Crippen molar-refractivity contribution < 1.29 is 22.7 Å². The molecule has 1 aliphatic heterocycles. The smallest absolute Gasteiger partial charge is 0.258 e. The summed E-state index contributed by atoms with van der Waals surface area (Å²) in [6.45, 7) is 4.95. The number of hydrazone groups is 1. The first-order valence-electron chi connectivity index (χ1n) is 10.6. The normalized spacial score (nSPS) is 16.9. The number of sulfonamides is 1. The molecule has 1 saturated heterocycles. The summed E-state index contributed by atoms with van der Waals surface area (Å²) in [6, 6.07) is 10.4. The van der Waals surface area contributed by atoms with Gasteiger partial charge in [-0.25, -0.2) is 13.8 Å². The van der Waals surface area contributed by atoms with Gasteiger partial charge in [0.1, 0.15) is 6.04 Å².